The maximum Gasteiger partial charge on any atom is 0.0545 e. The molecule has 0 amide bonds. The van der Waals surface area contributed by atoms with Crippen LogP contribution >= 0.6 is 23.4 Å². The van der Waals surface area contributed by atoms with Gasteiger partial charge < -0.3 is 5.32 Å². The van der Waals surface area contributed by atoms with E-state index in [4.69, 9.17) is 11.6 Å². The van der Waals surface area contributed by atoms with Crippen LogP contribution in [0.4, 0.5) is 0 Å². The van der Waals surface area contributed by atoms with Gasteiger partial charge in [-0.2, -0.15) is 0 Å². The van der Waals surface area contributed by atoms with Crippen molar-refractivity contribution >= 4 is 23.4 Å². The summed E-state index contributed by atoms with van der Waals surface area (Å²) in [6.07, 6.45) is 0. The fraction of sp³-hybridized carbons (Fsp3) is 0.333. The predicted molar refractivity (Wildman–Crippen MR) is 93.3 cm³/mol. The van der Waals surface area contributed by atoms with Crippen molar-refractivity contribution in [2.45, 2.75) is 37.1 Å². The van der Waals surface area contributed by atoms with Gasteiger partial charge in [-0.15, -0.1) is 0 Å². The van der Waals surface area contributed by atoms with Crippen molar-refractivity contribution in [3.8, 4) is 0 Å². The molecular weight excluding hydrogens is 298 g/mol. The van der Waals surface area contributed by atoms with E-state index in [0.29, 0.717) is 5.92 Å². The molecule has 21 heavy (non-hydrogen) atoms. The van der Waals surface area contributed by atoms with E-state index in [1.807, 2.05) is 18.2 Å². The molecule has 1 nitrogen and oxygen atoms in total. The lowest BCUT2D eigenvalue weighted by molar-refractivity contribution is 0.552. The summed E-state index contributed by atoms with van der Waals surface area (Å²) in [7, 11) is 0. The Balaban J connectivity index is 2.04. The van der Waals surface area contributed by atoms with Gasteiger partial charge in [-0.3, -0.25) is 0 Å². The van der Waals surface area contributed by atoms with Crippen molar-refractivity contribution in [2.24, 2.45) is 5.92 Å². The van der Waals surface area contributed by atoms with Crippen molar-refractivity contribution < 1.29 is 0 Å². The van der Waals surface area contributed by atoms with Crippen LogP contribution in [0.2, 0.25) is 5.02 Å². The van der Waals surface area contributed by atoms with E-state index < -0.39 is 0 Å². The summed E-state index contributed by atoms with van der Waals surface area (Å²) in [5, 5.41) is 4.29. The summed E-state index contributed by atoms with van der Waals surface area (Å²) in [6.45, 7) is 8.58. The number of hydrogen-bond acceptors (Lipinski definition) is 2. The maximum atomic E-state index is 6.23. The number of benzene rings is 2. The average molecular weight is 320 g/mol. The molecule has 0 unspecified atom stereocenters. The molecule has 1 N–H and O–H groups in total. The third kappa shape index (κ3) is 5.06. The molecule has 0 saturated heterocycles. The van der Waals surface area contributed by atoms with Crippen LogP contribution in [0.15, 0.2) is 52.3 Å². The second-order valence-corrected chi connectivity index (χ2v) is 7.15. The van der Waals surface area contributed by atoms with Crippen LogP contribution in [0.1, 0.15) is 25.0 Å². The minimum atomic E-state index is 0.682. The highest BCUT2D eigenvalue weighted by Crippen LogP contribution is 2.34. The zero-order valence-electron chi connectivity index (χ0n) is 12.8. The summed E-state index contributed by atoms with van der Waals surface area (Å²) in [5.74, 6) is 0.682. The summed E-state index contributed by atoms with van der Waals surface area (Å²) in [5.41, 5.74) is 2.63. The van der Waals surface area contributed by atoms with Gasteiger partial charge in [0.2, 0.25) is 0 Å². The van der Waals surface area contributed by atoms with Crippen LogP contribution in [0.25, 0.3) is 0 Å². The minimum absolute atomic E-state index is 0.682. The van der Waals surface area contributed by atoms with Crippen molar-refractivity contribution in [2.75, 3.05) is 6.54 Å². The van der Waals surface area contributed by atoms with Crippen LogP contribution in [-0.2, 0) is 6.54 Å². The molecule has 0 heterocycles. The van der Waals surface area contributed by atoms with E-state index in [1.165, 1.54) is 16.0 Å². The minimum Gasteiger partial charge on any atom is -0.312 e. The maximum absolute atomic E-state index is 6.23. The third-order valence-corrected chi connectivity index (χ3v) is 4.87. The Bertz CT molecular complexity index is 596. The first kappa shape index (κ1) is 16.4. The number of rotatable bonds is 6. The SMILES string of the molecule is Cc1cc(CNCC(C)C)ccc1Sc1ccccc1Cl. The van der Waals surface area contributed by atoms with Gasteiger partial charge in [0.15, 0.2) is 0 Å². The molecule has 3 heteroatoms. The van der Waals surface area contributed by atoms with E-state index in [-0.39, 0.29) is 0 Å². The molecule has 0 spiro atoms. The quantitative estimate of drug-likeness (QED) is 0.749. The van der Waals surface area contributed by atoms with Crippen LogP contribution in [-0.4, -0.2) is 6.54 Å². The fourth-order valence-corrected chi connectivity index (χ4v) is 3.24. The molecule has 0 aliphatic heterocycles. The third-order valence-electron chi connectivity index (χ3n) is 3.18. The Labute approximate surface area is 137 Å². The van der Waals surface area contributed by atoms with Gasteiger partial charge in [-0.05, 0) is 48.7 Å². The van der Waals surface area contributed by atoms with Crippen LogP contribution < -0.4 is 5.32 Å². The summed E-state index contributed by atoms with van der Waals surface area (Å²) < 4.78 is 0. The largest absolute Gasteiger partial charge is 0.312 e. The van der Waals surface area contributed by atoms with Gasteiger partial charge >= 0.3 is 0 Å². The molecule has 112 valence electrons. The van der Waals surface area contributed by atoms with Crippen LogP contribution in [0, 0.1) is 12.8 Å². The van der Waals surface area contributed by atoms with Crippen molar-refractivity contribution in [1.82, 2.24) is 5.32 Å². The lowest BCUT2D eigenvalue weighted by atomic mass is 10.1. The second-order valence-electron chi connectivity index (χ2n) is 5.66. The summed E-state index contributed by atoms with van der Waals surface area (Å²) in [4.78, 5) is 2.36. The van der Waals surface area contributed by atoms with Gasteiger partial charge in [0.05, 0.1) is 5.02 Å². The van der Waals surface area contributed by atoms with E-state index >= 15 is 0 Å². The Hall–Kier alpha value is -0.960. The molecule has 0 atom stereocenters. The fourth-order valence-electron chi connectivity index (χ4n) is 2.09. The average Bonchev–Trinajstić information content (AvgIpc) is 2.43. The summed E-state index contributed by atoms with van der Waals surface area (Å²) >= 11 is 7.95. The lowest BCUT2D eigenvalue weighted by Crippen LogP contribution is -2.18. The standard InChI is InChI=1S/C18H22ClNS/c1-13(2)11-20-12-15-8-9-17(14(3)10-15)21-18-7-5-4-6-16(18)19/h4-10,13,20H,11-12H2,1-3H3. The Morgan fingerprint density at radius 3 is 2.52 bits per heavy atom. The molecule has 0 saturated carbocycles. The van der Waals surface area contributed by atoms with Crippen molar-refractivity contribution in [1.29, 1.82) is 0 Å². The van der Waals surface area contributed by atoms with Gasteiger partial charge in [0.25, 0.3) is 0 Å². The molecule has 0 fully saturated rings. The second kappa shape index (κ2) is 7.88. The molecule has 0 bridgehead atoms. The first-order valence-electron chi connectivity index (χ1n) is 7.29. The first-order valence-corrected chi connectivity index (χ1v) is 8.48. The predicted octanol–water partition coefficient (Wildman–Crippen LogP) is 5.55. The smallest absolute Gasteiger partial charge is 0.0545 e. The molecule has 2 rings (SSSR count). The van der Waals surface area contributed by atoms with E-state index in [0.717, 1.165) is 23.0 Å². The molecule has 0 aliphatic carbocycles. The van der Waals surface area contributed by atoms with Crippen LogP contribution in [0.5, 0.6) is 0 Å². The topological polar surface area (TPSA) is 12.0 Å². The molecule has 0 radical (unpaired) electrons. The molecule has 0 aromatic heterocycles. The first-order chi connectivity index (χ1) is 10.1. The monoisotopic (exact) mass is 319 g/mol. The highest BCUT2D eigenvalue weighted by molar-refractivity contribution is 7.99. The van der Waals surface area contributed by atoms with Gasteiger partial charge in [-0.25, -0.2) is 0 Å². The molecule has 0 aliphatic rings. The number of hydrogen-bond donors (Lipinski definition) is 1. The zero-order chi connectivity index (χ0) is 15.2. The number of halogens is 1. The molecule has 2 aromatic carbocycles. The Kier molecular flexibility index (Phi) is 6.16. The van der Waals surface area contributed by atoms with E-state index in [2.05, 4.69) is 50.4 Å². The van der Waals surface area contributed by atoms with Gasteiger partial charge in [-0.1, -0.05) is 61.5 Å². The Morgan fingerprint density at radius 1 is 1.10 bits per heavy atom. The molecular formula is C18H22ClNS. The molecule has 2 aromatic rings. The van der Waals surface area contributed by atoms with Crippen molar-refractivity contribution in [3.63, 3.8) is 0 Å². The van der Waals surface area contributed by atoms with Gasteiger partial charge in [0.1, 0.15) is 0 Å². The number of nitrogens with one attached hydrogen (secondary N) is 1. The van der Waals surface area contributed by atoms with E-state index in [9.17, 15) is 0 Å². The Morgan fingerprint density at radius 2 is 1.86 bits per heavy atom. The highest BCUT2D eigenvalue weighted by atomic mass is 35.5. The van der Waals surface area contributed by atoms with Gasteiger partial charge in [0, 0.05) is 16.3 Å². The highest BCUT2D eigenvalue weighted by Gasteiger charge is 2.05. The lowest BCUT2D eigenvalue weighted by Gasteiger charge is -2.11. The zero-order valence-corrected chi connectivity index (χ0v) is 14.4. The van der Waals surface area contributed by atoms with Crippen LogP contribution in [0.3, 0.4) is 0 Å². The van der Waals surface area contributed by atoms with E-state index in [1.54, 1.807) is 11.8 Å². The number of aryl methyl sites for hydroxylation is 1. The normalized spacial score (nSPS) is 11.1. The summed E-state index contributed by atoms with van der Waals surface area (Å²) in [6, 6.07) is 14.6. The van der Waals surface area contributed by atoms with Crippen molar-refractivity contribution in [3.05, 3.63) is 58.6 Å².